The Labute approximate surface area is 158 Å². The third-order valence-corrected chi connectivity index (χ3v) is 4.57. The van der Waals surface area contributed by atoms with Crippen LogP contribution in [0.2, 0.25) is 0 Å². The Morgan fingerprint density at radius 2 is 1.41 bits per heavy atom. The van der Waals surface area contributed by atoms with Gasteiger partial charge in [-0.25, -0.2) is 13.4 Å². The van der Waals surface area contributed by atoms with E-state index in [4.69, 9.17) is 9.47 Å². The molecule has 6 nitrogen and oxygen atoms in total. The van der Waals surface area contributed by atoms with Crippen molar-refractivity contribution in [3.8, 4) is 34.0 Å². The lowest BCUT2D eigenvalue weighted by atomic mass is 10.0. The smallest absolute Gasteiger partial charge is 0.168 e. The summed E-state index contributed by atoms with van der Waals surface area (Å²) in [4.78, 5) is 7.78. The van der Waals surface area contributed by atoms with Crippen LogP contribution in [0.1, 0.15) is 5.82 Å². The van der Waals surface area contributed by atoms with Gasteiger partial charge in [0.1, 0.15) is 17.3 Å². The zero-order valence-electron chi connectivity index (χ0n) is 15.3. The second-order valence-corrected chi connectivity index (χ2v) is 7.87. The molecule has 7 heteroatoms. The second-order valence-electron chi connectivity index (χ2n) is 5.93. The second kappa shape index (κ2) is 7.67. The highest BCUT2D eigenvalue weighted by atomic mass is 32.2. The largest absolute Gasteiger partial charge is 0.497 e. The van der Waals surface area contributed by atoms with Gasteiger partial charge in [0.25, 0.3) is 0 Å². The Kier molecular flexibility index (Phi) is 5.32. The average molecular weight is 384 g/mol. The number of benzene rings is 2. The highest BCUT2D eigenvalue weighted by molar-refractivity contribution is 7.93. The molecule has 0 unspecified atom stereocenters. The molecule has 1 aromatic heterocycles. The van der Waals surface area contributed by atoms with Gasteiger partial charge < -0.3 is 14.5 Å². The van der Waals surface area contributed by atoms with E-state index < -0.39 is 9.84 Å². The number of aromatic amines is 1. The number of hydrogen-bond donors (Lipinski definition) is 1. The highest BCUT2D eigenvalue weighted by Crippen LogP contribution is 2.32. The summed E-state index contributed by atoms with van der Waals surface area (Å²) >= 11 is 0. The van der Waals surface area contributed by atoms with Crippen LogP contribution in [0.15, 0.2) is 53.9 Å². The van der Waals surface area contributed by atoms with Gasteiger partial charge in [-0.05, 0) is 54.6 Å². The Balaban J connectivity index is 2.10. The lowest BCUT2D eigenvalue weighted by molar-refractivity contribution is 0.414. The zero-order chi connectivity index (χ0) is 19.4. The van der Waals surface area contributed by atoms with Gasteiger partial charge in [-0.15, -0.1) is 0 Å². The number of hydrogen-bond acceptors (Lipinski definition) is 5. The number of imidazole rings is 1. The molecule has 0 saturated heterocycles. The van der Waals surface area contributed by atoms with Crippen LogP contribution >= 0.6 is 0 Å². The van der Waals surface area contributed by atoms with Crippen molar-refractivity contribution in [2.45, 2.75) is 0 Å². The number of aromatic nitrogens is 2. The van der Waals surface area contributed by atoms with Gasteiger partial charge in [0, 0.05) is 22.8 Å². The Morgan fingerprint density at radius 1 is 0.889 bits per heavy atom. The number of methoxy groups -OCH3 is 2. The predicted octanol–water partition coefficient (Wildman–Crippen LogP) is 3.78. The minimum Gasteiger partial charge on any atom is -0.497 e. The Hall–Kier alpha value is -3.06. The maximum atomic E-state index is 11.4. The van der Waals surface area contributed by atoms with Gasteiger partial charge in [-0.2, -0.15) is 0 Å². The first kappa shape index (κ1) is 18.7. The summed E-state index contributed by atoms with van der Waals surface area (Å²) in [5.74, 6) is 1.95. The van der Waals surface area contributed by atoms with Crippen molar-refractivity contribution in [3.05, 3.63) is 59.8 Å². The molecule has 0 saturated carbocycles. The van der Waals surface area contributed by atoms with E-state index in [-0.39, 0.29) is 0 Å². The first-order valence-corrected chi connectivity index (χ1v) is 10.1. The van der Waals surface area contributed by atoms with E-state index in [0.29, 0.717) is 5.82 Å². The molecule has 2 aromatic carbocycles. The molecule has 0 amide bonds. The Morgan fingerprint density at radius 3 is 1.89 bits per heavy atom. The topological polar surface area (TPSA) is 81.3 Å². The molecule has 0 aliphatic carbocycles. The van der Waals surface area contributed by atoms with Crippen molar-refractivity contribution in [2.24, 2.45) is 0 Å². The van der Waals surface area contributed by atoms with Gasteiger partial charge in [-0.3, -0.25) is 0 Å². The molecule has 0 spiro atoms. The van der Waals surface area contributed by atoms with E-state index >= 15 is 0 Å². The lowest BCUT2D eigenvalue weighted by Gasteiger charge is -2.06. The molecular weight excluding hydrogens is 364 g/mol. The van der Waals surface area contributed by atoms with Crippen LogP contribution in [0.3, 0.4) is 0 Å². The van der Waals surface area contributed by atoms with Crippen LogP contribution < -0.4 is 9.47 Å². The SMILES string of the molecule is COc1ccc(-c2nc(/C=C/S(C)(=O)=O)[nH]c2-c2ccc(OC)cc2)cc1. The Bertz CT molecular complexity index is 985. The molecule has 0 fully saturated rings. The van der Waals surface area contributed by atoms with Crippen molar-refractivity contribution in [1.82, 2.24) is 9.97 Å². The molecule has 1 heterocycles. The quantitative estimate of drug-likeness (QED) is 0.699. The zero-order valence-corrected chi connectivity index (χ0v) is 16.1. The molecule has 0 aliphatic rings. The molecule has 3 rings (SSSR count). The van der Waals surface area contributed by atoms with Gasteiger partial charge in [0.2, 0.25) is 0 Å². The van der Waals surface area contributed by atoms with Crippen LogP contribution in [0.5, 0.6) is 11.5 Å². The minimum absolute atomic E-state index is 0.456. The van der Waals surface area contributed by atoms with E-state index in [1.165, 1.54) is 6.08 Å². The molecule has 0 atom stereocenters. The van der Waals surface area contributed by atoms with Crippen molar-refractivity contribution < 1.29 is 17.9 Å². The summed E-state index contributed by atoms with van der Waals surface area (Å²) in [6, 6.07) is 15.1. The maximum absolute atomic E-state index is 11.4. The van der Waals surface area contributed by atoms with Crippen molar-refractivity contribution in [3.63, 3.8) is 0 Å². The first-order valence-electron chi connectivity index (χ1n) is 8.16. The van der Waals surface area contributed by atoms with E-state index in [0.717, 1.165) is 45.7 Å². The van der Waals surface area contributed by atoms with Crippen molar-refractivity contribution >= 4 is 15.9 Å². The predicted molar refractivity (Wildman–Crippen MR) is 106 cm³/mol. The molecule has 27 heavy (non-hydrogen) atoms. The average Bonchev–Trinajstić information content (AvgIpc) is 3.10. The molecule has 0 bridgehead atoms. The highest BCUT2D eigenvalue weighted by Gasteiger charge is 2.14. The normalized spacial score (nSPS) is 11.7. The molecule has 0 aliphatic heterocycles. The summed E-state index contributed by atoms with van der Waals surface area (Å²) in [5.41, 5.74) is 3.30. The monoisotopic (exact) mass is 384 g/mol. The van der Waals surface area contributed by atoms with Gasteiger partial charge in [0.15, 0.2) is 9.84 Å². The number of nitrogens with zero attached hydrogens (tertiary/aromatic N) is 1. The third kappa shape index (κ3) is 4.57. The number of H-pyrrole nitrogens is 1. The lowest BCUT2D eigenvalue weighted by Crippen LogP contribution is -1.88. The van der Waals surface area contributed by atoms with Crippen LogP contribution in [-0.4, -0.2) is 38.9 Å². The number of rotatable bonds is 6. The molecule has 0 radical (unpaired) electrons. The summed E-state index contributed by atoms with van der Waals surface area (Å²) in [7, 11) is -0.0221. The maximum Gasteiger partial charge on any atom is 0.168 e. The van der Waals surface area contributed by atoms with Crippen LogP contribution in [0.25, 0.3) is 28.6 Å². The molecule has 140 valence electrons. The number of ether oxygens (including phenoxy) is 2. The number of nitrogens with one attached hydrogen (secondary N) is 1. The molecule has 1 N–H and O–H groups in total. The standard InChI is InChI=1S/C20H20N2O4S/c1-25-16-8-4-14(5-9-16)19-20(15-6-10-17(26-2)11-7-15)22-18(21-19)12-13-27(3,23)24/h4-13H,1-3H3,(H,21,22)/b13-12+. The summed E-state index contributed by atoms with van der Waals surface area (Å²) in [5, 5.41) is 1.13. The van der Waals surface area contributed by atoms with Crippen LogP contribution in [-0.2, 0) is 9.84 Å². The van der Waals surface area contributed by atoms with E-state index in [1.54, 1.807) is 14.2 Å². The summed E-state index contributed by atoms with van der Waals surface area (Å²) in [6.07, 6.45) is 2.59. The molecular formula is C20H20N2O4S. The van der Waals surface area contributed by atoms with Crippen LogP contribution in [0, 0.1) is 0 Å². The van der Waals surface area contributed by atoms with Gasteiger partial charge in [-0.1, -0.05) is 0 Å². The van der Waals surface area contributed by atoms with E-state index in [9.17, 15) is 8.42 Å². The third-order valence-electron chi connectivity index (χ3n) is 3.94. The van der Waals surface area contributed by atoms with Gasteiger partial charge in [0.05, 0.1) is 25.6 Å². The van der Waals surface area contributed by atoms with Gasteiger partial charge >= 0.3 is 0 Å². The van der Waals surface area contributed by atoms with Crippen LogP contribution in [0.4, 0.5) is 0 Å². The fourth-order valence-electron chi connectivity index (χ4n) is 2.58. The minimum atomic E-state index is -3.25. The van der Waals surface area contributed by atoms with Crippen molar-refractivity contribution in [2.75, 3.05) is 20.5 Å². The van der Waals surface area contributed by atoms with E-state index in [1.807, 2.05) is 48.5 Å². The summed E-state index contributed by atoms with van der Waals surface area (Å²) in [6.45, 7) is 0. The first-order chi connectivity index (χ1) is 12.9. The summed E-state index contributed by atoms with van der Waals surface area (Å²) < 4.78 is 33.3. The number of sulfone groups is 1. The molecule has 3 aromatic rings. The van der Waals surface area contributed by atoms with E-state index in [2.05, 4.69) is 9.97 Å². The fourth-order valence-corrected chi connectivity index (χ4v) is 2.96. The van der Waals surface area contributed by atoms with Crippen molar-refractivity contribution in [1.29, 1.82) is 0 Å². The fraction of sp³-hybridized carbons (Fsp3) is 0.150.